The standard InChI is InChI=1S/C15H14N2S/c1-18-15-16-13-10-6-5-9-12(13)14(17-15)11-7-3-2-4-8-11/h2-10,14H,1H3,(H,16,17). The Hall–Kier alpha value is -1.74. The van der Waals surface area contributed by atoms with Crippen LogP contribution in [-0.4, -0.2) is 11.4 Å². The summed E-state index contributed by atoms with van der Waals surface area (Å²) >= 11 is 1.65. The number of rotatable bonds is 1. The lowest BCUT2D eigenvalue weighted by Gasteiger charge is -2.24. The summed E-state index contributed by atoms with van der Waals surface area (Å²) in [6.45, 7) is 0. The average molecular weight is 254 g/mol. The fourth-order valence-electron chi connectivity index (χ4n) is 2.18. The van der Waals surface area contributed by atoms with Crippen LogP contribution < -0.4 is 5.32 Å². The van der Waals surface area contributed by atoms with E-state index in [4.69, 9.17) is 4.99 Å². The van der Waals surface area contributed by atoms with Gasteiger partial charge in [0.15, 0.2) is 5.17 Å². The highest BCUT2D eigenvalue weighted by Crippen LogP contribution is 2.35. The molecule has 1 heterocycles. The summed E-state index contributed by atoms with van der Waals surface area (Å²) in [7, 11) is 0. The highest BCUT2D eigenvalue weighted by Gasteiger charge is 2.21. The number of nitrogens with one attached hydrogen (secondary N) is 1. The van der Waals surface area contributed by atoms with Gasteiger partial charge in [-0.2, -0.15) is 0 Å². The fraction of sp³-hybridized carbons (Fsp3) is 0.133. The molecule has 2 aromatic rings. The number of anilines is 1. The van der Waals surface area contributed by atoms with Gasteiger partial charge in [0.2, 0.25) is 0 Å². The molecule has 1 aliphatic heterocycles. The first-order valence-electron chi connectivity index (χ1n) is 5.91. The van der Waals surface area contributed by atoms with Crippen molar-refractivity contribution in [2.75, 3.05) is 11.6 Å². The molecule has 1 N–H and O–H groups in total. The Kier molecular flexibility index (Phi) is 3.07. The van der Waals surface area contributed by atoms with Crippen molar-refractivity contribution in [2.24, 2.45) is 4.99 Å². The maximum Gasteiger partial charge on any atom is 0.161 e. The molecule has 0 fully saturated rings. The van der Waals surface area contributed by atoms with Gasteiger partial charge in [-0.1, -0.05) is 60.3 Å². The number of fused-ring (bicyclic) bond motifs is 1. The molecule has 18 heavy (non-hydrogen) atoms. The molecular formula is C15H14N2S. The highest BCUT2D eigenvalue weighted by molar-refractivity contribution is 8.13. The van der Waals surface area contributed by atoms with Crippen LogP contribution in [0.5, 0.6) is 0 Å². The van der Waals surface area contributed by atoms with E-state index in [1.54, 1.807) is 11.8 Å². The smallest absolute Gasteiger partial charge is 0.161 e. The van der Waals surface area contributed by atoms with Crippen LogP contribution in [-0.2, 0) is 0 Å². The molecule has 1 unspecified atom stereocenters. The lowest BCUT2D eigenvalue weighted by atomic mass is 9.97. The van der Waals surface area contributed by atoms with Gasteiger partial charge in [-0.05, 0) is 17.9 Å². The summed E-state index contributed by atoms with van der Waals surface area (Å²) in [5.41, 5.74) is 3.63. The Bertz CT molecular complexity index is 578. The Morgan fingerprint density at radius 1 is 1.00 bits per heavy atom. The minimum Gasteiger partial charge on any atom is -0.335 e. The molecule has 2 aromatic carbocycles. The van der Waals surface area contributed by atoms with Gasteiger partial charge in [-0.15, -0.1) is 0 Å². The Labute approximate surface area is 111 Å². The predicted octanol–water partition coefficient (Wildman–Crippen LogP) is 3.92. The number of hydrogen-bond acceptors (Lipinski definition) is 3. The zero-order valence-electron chi connectivity index (χ0n) is 10.1. The summed E-state index contributed by atoms with van der Waals surface area (Å²) in [6, 6.07) is 18.9. The molecule has 1 aliphatic rings. The van der Waals surface area contributed by atoms with E-state index >= 15 is 0 Å². The van der Waals surface area contributed by atoms with Gasteiger partial charge in [0.05, 0.1) is 0 Å². The summed E-state index contributed by atoms with van der Waals surface area (Å²) < 4.78 is 0. The van der Waals surface area contributed by atoms with E-state index in [-0.39, 0.29) is 6.04 Å². The molecule has 0 saturated heterocycles. The third-order valence-corrected chi connectivity index (χ3v) is 3.65. The first-order valence-corrected chi connectivity index (χ1v) is 7.13. The normalized spacial score (nSPS) is 17.6. The van der Waals surface area contributed by atoms with Crippen LogP contribution in [0.2, 0.25) is 0 Å². The molecule has 0 bridgehead atoms. The molecule has 1 atom stereocenters. The van der Waals surface area contributed by atoms with Crippen LogP contribution >= 0.6 is 11.8 Å². The SMILES string of the molecule is CSC1=NC(c2ccccc2)c2ccccc2N1. The molecule has 0 amide bonds. The number of amidine groups is 1. The van der Waals surface area contributed by atoms with Crippen molar-refractivity contribution in [3.05, 3.63) is 65.7 Å². The molecule has 0 spiro atoms. The van der Waals surface area contributed by atoms with Crippen molar-refractivity contribution < 1.29 is 0 Å². The lowest BCUT2D eigenvalue weighted by Crippen LogP contribution is -2.18. The Morgan fingerprint density at radius 3 is 2.50 bits per heavy atom. The van der Waals surface area contributed by atoms with Gasteiger partial charge in [0.1, 0.15) is 6.04 Å². The molecule has 3 heteroatoms. The third-order valence-electron chi connectivity index (χ3n) is 3.05. The molecule has 0 aliphatic carbocycles. The fourth-order valence-corrected chi connectivity index (χ4v) is 2.60. The minimum absolute atomic E-state index is 0.103. The summed E-state index contributed by atoms with van der Waals surface area (Å²) in [4.78, 5) is 4.78. The quantitative estimate of drug-likeness (QED) is 0.834. The topological polar surface area (TPSA) is 24.4 Å². The Morgan fingerprint density at radius 2 is 1.72 bits per heavy atom. The molecular weight excluding hydrogens is 240 g/mol. The van der Waals surface area contributed by atoms with E-state index in [2.05, 4.69) is 53.8 Å². The monoisotopic (exact) mass is 254 g/mol. The van der Waals surface area contributed by atoms with E-state index in [9.17, 15) is 0 Å². The highest BCUT2D eigenvalue weighted by atomic mass is 32.2. The molecule has 90 valence electrons. The van der Waals surface area contributed by atoms with Crippen LogP contribution in [0.4, 0.5) is 5.69 Å². The Balaban J connectivity index is 2.11. The van der Waals surface area contributed by atoms with Crippen molar-refractivity contribution in [3.63, 3.8) is 0 Å². The van der Waals surface area contributed by atoms with Gasteiger partial charge in [0.25, 0.3) is 0 Å². The van der Waals surface area contributed by atoms with Gasteiger partial charge < -0.3 is 5.32 Å². The van der Waals surface area contributed by atoms with E-state index in [1.807, 2.05) is 12.3 Å². The second-order valence-corrected chi connectivity index (χ2v) is 4.96. The first-order chi connectivity index (χ1) is 8.88. The van der Waals surface area contributed by atoms with Crippen molar-refractivity contribution in [3.8, 4) is 0 Å². The molecule has 0 radical (unpaired) electrons. The number of thioether (sulfide) groups is 1. The largest absolute Gasteiger partial charge is 0.335 e. The minimum atomic E-state index is 0.103. The first kappa shape index (κ1) is 11.4. The van der Waals surface area contributed by atoms with Crippen molar-refractivity contribution in [2.45, 2.75) is 6.04 Å². The van der Waals surface area contributed by atoms with Crippen LogP contribution in [0.25, 0.3) is 0 Å². The van der Waals surface area contributed by atoms with Crippen LogP contribution in [0.1, 0.15) is 17.2 Å². The van der Waals surface area contributed by atoms with Gasteiger partial charge in [-0.25, -0.2) is 4.99 Å². The van der Waals surface area contributed by atoms with E-state index in [1.165, 1.54) is 11.1 Å². The number of aliphatic imine (C=N–C) groups is 1. The summed E-state index contributed by atoms with van der Waals surface area (Å²) in [5, 5.41) is 4.33. The van der Waals surface area contributed by atoms with Crippen molar-refractivity contribution in [1.82, 2.24) is 0 Å². The van der Waals surface area contributed by atoms with E-state index < -0.39 is 0 Å². The second kappa shape index (κ2) is 4.86. The van der Waals surface area contributed by atoms with Crippen LogP contribution in [0, 0.1) is 0 Å². The summed E-state index contributed by atoms with van der Waals surface area (Å²) in [5.74, 6) is 0. The number of para-hydroxylation sites is 1. The zero-order chi connectivity index (χ0) is 12.4. The lowest BCUT2D eigenvalue weighted by molar-refractivity contribution is 0.868. The predicted molar refractivity (Wildman–Crippen MR) is 79.3 cm³/mol. The average Bonchev–Trinajstić information content (AvgIpc) is 2.47. The number of nitrogens with zero attached hydrogens (tertiary/aromatic N) is 1. The molecule has 3 rings (SSSR count). The molecule has 0 aromatic heterocycles. The molecule has 0 saturated carbocycles. The zero-order valence-corrected chi connectivity index (χ0v) is 10.9. The maximum atomic E-state index is 4.78. The van der Waals surface area contributed by atoms with E-state index in [0.717, 1.165) is 10.9 Å². The van der Waals surface area contributed by atoms with Gasteiger partial charge in [0, 0.05) is 11.3 Å². The van der Waals surface area contributed by atoms with Crippen molar-refractivity contribution in [1.29, 1.82) is 0 Å². The van der Waals surface area contributed by atoms with Crippen molar-refractivity contribution >= 4 is 22.6 Å². The summed E-state index contributed by atoms with van der Waals surface area (Å²) in [6.07, 6.45) is 2.04. The van der Waals surface area contributed by atoms with Gasteiger partial charge >= 0.3 is 0 Å². The maximum absolute atomic E-state index is 4.78. The van der Waals surface area contributed by atoms with Gasteiger partial charge in [-0.3, -0.25) is 0 Å². The number of benzene rings is 2. The van der Waals surface area contributed by atoms with Crippen LogP contribution in [0.3, 0.4) is 0 Å². The van der Waals surface area contributed by atoms with E-state index in [0.29, 0.717) is 0 Å². The second-order valence-electron chi connectivity index (χ2n) is 4.16. The number of hydrogen-bond donors (Lipinski definition) is 1. The van der Waals surface area contributed by atoms with Crippen LogP contribution in [0.15, 0.2) is 59.6 Å². The third kappa shape index (κ3) is 2.02. The molecule has 2 nitrogen and oxygen atoms in total.